The number of nitrogen functional groups attached to an aromatic ring is 1. The smallest absolute Gasteiger partial charge is 0.145 e. The van der Waals surface area contributed by atoms with Gasteiger partial charge in [-0.1, -0.05) is 0 Å². The van der Waals surface area contributed by atoms with Gasteiger partial charge >= 0.3 is 0 Å². The molecule has 0 spiro atoms. The van der Waals surface area contributed by atoms with E-state index in [1.54, 1.807) is 6.07 Å². The maximum atomic E-state index is 5.62. The molecule has 5 nitrogen and oxygen atoms in total. The Bertz CT molecular complexity index is 523. The predicted molar refractivity (Wildman–Crippen MR) is 70.8 cm³/mol. The zero-order valence-electron chi connectivity index (χ0n) is 10.6. The minimum absolute atomic E-state index is 0.460. The molecule has 0 unspecified atom stereocenters. The Morgan fingerprint density at radius 3 is 2.56 bits per heavy atom. The second-order valence-electron chi connectivity index (χ2n) is 3.73. The van der Waals surface area contributed by atoms with E-state index in [9.17, 15) is 0 Å². The van der Waals surface area contributed by atoms with Gasteiger partial charge in [-0.3, -0.25) is 5.10 Å². The summed E-state index contributed by atoms with van der Waals surface area (Å²) in [6.45, 7) is 5.11. The van der Waals surface area contributed by atoms with Crippen LogP contribution in [0.15, 0.2) is 24.3 Å². The van der Waals surface area contributed by atoms with Gasteiger partial charge in [-0.25, -0.2) is 0 Å². The number of anilines is 1. The van der Waals surface area contributed by atoms with Crippen molar-refractivity contribution in [1.29, 1.82) is 0 Å². The van der Waals surface area contributed by atoms with E-state index >= 15 is 0 Å². The van der Waals surface area contributed by atoms with Gasteiger partial charge < -0.3 is 15.2 Å². The van der Waals surface area contributed by atoms with E-state index in [1.807, 2.05) is 32.0 Å². The molecule has 2 aromatic rings. The summed E-state index contributed by atoms with van der Waals surface area (Å²) in [6, 6.07) is 7.49. The Morgan fingerprint density at radius 2 is 1.94 bits per heavy atom. The van der Waals surface area contributed by atoms with Crippen LogP contribution in [0.5, 0.6) is 11.5 Å². The molecule has 2 rings (SSSR count). The number of nitrogens with two attached hydrogens (primary N) is 1. The van der Waals surface area contributed by atoms with Gasteiger partial charge in [0.2, 0.25) is 0 Å². The number of aromatic amines is 1. The largest absolute Gasteiger partial charge is 0.494 e. The molecule has 0 radical (unpaired) electrons. The average Bonchev–Trinajstić information content (AvgIpc) is 2.77. The second-order valence-corrected chi connectivity index (χ2v) is 3.73. The Balaban J connectivity index is 2.39. The summed E-state index contributed by atoms with van der Waals surface area (Å²) in [5, 5.41) is 6.80. The van der Waals surface area contributed by atoms with Gasteiger partial charge in [-0.15, -0.1) is 0 Å². The summed E-state index contributed by atoms with van der Waals surface area (Å²) < 4.78 is 11.1. The maximum absolute atomic E-state index is 5.62. The molecule has 0 saturated carbocycles. The van der Waals surface area contributed by atoms with Crippen molar-refractivity contribution in [2.45, 2.75) is 13.8 Å². The standard InChI is InChI=1S/C13H17N3O2/c1-3-17-9-5-6-10(12(7-9)18-4-2)11-8-13(14)16-15-11/h5-8H,3-4H2,1-2H3,(H3,14,15,16). The number of nitrogens with zero attached hydrogens (tertiary/aromatic N) is 1. The SMILES string of the molecule is CCOc1ccc(-c2cc(N)n[nH]2)c(OCC)c1. The fourth-order valence-electron chi connectivity index (χ4n) is 1.73. The fourth-order valence-corrected chi connectivity index (χ4v) is 1.73. The van der Waals surface area contributed by atoms with Crippen LogP contribution >= 0.6 is 0 Å². The molecule has 0 fully saturated rings. The minimum Gasteiger partial charge on any atom is -0.494 e. The van der Waals surface area contributed by atoms with Crippen LogP contribution in [0, 0.1) is 0 Å². The first-order chi connectivity index (χ1) is 8.74. The molecular formula is C13H17N3O2. The zero-order valence-corrected chi connectivity index (χ0v) is 10.6. The van der Waals surface area contributed by atoms with E-state index in [-0.39, 0.29) is 0 Å². The number of ether oxygens (including phenoxy) is 2. The van der Waals surface area contributed by atoms with E-state index in [1.165, 1.54) is 0 Å². The molecule has 0 amide bonds. The van der Waals surface area contributed by atoms with Crippen molar-refractivity contribution in [3.63, 3.8) is 0 Å². The Morgan fingerprint density at radius 1 is 1.17 bits per heavy atom. The summed E-state index contributed by atoms with van der Waals surface area (Å²) in [5.41, 5.74) is 7.36. The number of nitrogens with one attached hydrogen (secondary N) is 1. The molecule has 0 atom stereocenters. The van der Waals surface area contributed by atoms with Crippen LogP contribution in [0.2, 0.25) is 0 Å². The van der Waals surface area contributed by atoms with Crippen molar-refractivity contribution in [3.05, 3.63) is 24.3 Å². The number of H-pyrrole nitrogens is 1. The lowest BCUT2D eigenvalue weighted by Crippen LogP contribution is -1.97. The monoisotopic (exact) mass is 247 g/mol. The molecule has 0 aliphatic rings. The highest BCUT2D eigenvalue weighted by molar-refractivity contribution is 5.70. The number of aromatic nitrogens is 2. The van der Waals surface area contributed by atoms with Gasteiger partial charge in [0.25, 0.3) is 0 Å². The minimum atomic E-state index is 0.460. The van der Waals surface area contributed by atoms with Gasteiger partial charge in [0.15, 0.2) is 0 Å². The molecule has 0 saturated heterocycles. The number of hydrogen-bond acceptors (Lipinski definition) is 4. The van der Waals surface area contributed by atoms with Gasteiger partial charge in [0.05, 0.1) is 18.9 Å². The molecule has 96 valence electrons. The lowest BCUT2D eigenvalue weighted by molar-refractivity contribution is 0.324. The third kappa shape index (κ3) is 2.56. The molecule has 0 bridgehead atoms. The van der Waals surface area contributed by atoms with Crippen LogP contribution in [0.3, 0.4) is 0 Å². The van der Waals surface area contributed by atoms with Gasteiger partial charge in [-0.05, 0) is 26.0 Å². The maximum Gasteiger partial charge on any atom is 0.145 e. The third-order valence-electron chi connectivity index (χ3n) is 2.45. The van der Waals surface area contributed by atoms with E-state index < -0.39 is 0 Å². The van der Waals surface area contributed by atoms with Crippen LogP contribution in [0.4, 0.5) is 5.82 Å². The van der Waals surface area contributed by atoms with Crippen LogP contribution in [0.25, 0.3) is 11.3 Å². The summed E-state index contributed by atoms with van der Waals surface area (Å²) in [5.74, 6) is 2.01. The number of hydrogen-bond donors (Lipinski definition) is 2. The summed E-state index contributed by atoms with van der Waals surface area (Å²) >= 11 is 0. The van der Waals surface area contributed by atoms with Crippen LogP contribution in [-0.4, -0.2) is 23.4 Å². The number of benzene rings is 1. The van der Waals surface area contributed by atoms with Crippen LogP contribution < -0.4 is 15.2 Å². The predicted octanol–water partition coefficient (Wildman–Crippen LogP) is 2.46. The average molecular weight is 247 g/mol. The van der Waals surface area contributed by atoms with Gasteiger partial charge in [0, 0.05) is 17.7 Å². The number of rotatable bonds is 5. The zero-order chi connectivity index (χ0) is 13.0. The van der Waals surface area contributed by atoms with Crippen molar-refractivity contribution in [3.8, 4) is 22.8 Å². The first kappa shape index (κ1) is 12.3. The van der Waals surface area contributed by atoms with E-state index in [0.717, 1.165) is 22.8 Å². The third-order valence-corrected chi connectivity index (χ3v) is 2.45. The van der Waals surface area contributed by atoms with Crippen molar-refractivity contribution < 1.29 is 9.47 Å². The van der Waals surface area contributed by atoms with Crippen molar-refractivity contribution in [1.82, 2.24) is 10.2 Å². The highest BCUT2D eigenvalue weighted by Crippen LogP contribution is 2.33. The lowest BCUT2D eigenvalue weighted by atomic mass is 10.1. The Hall–Kier alpha value is -2.17. The molecular weight excluding hydrogens is 230 g/mol. The molecule has 1 heterocycles. The highest BCUT2D eigenvalue weighted by atomic mass is 16.5. The van der Waals surface area contributed by atoms with E-state index in [2.05, 4.69) is 10.2 Å². The van der Waals surface area contributed by atoms with Crippen molar-refractivity contribution in [2.24, 2.45) is 0 Å². The van der Waals surface area contributed by atoms with Gasteiger partial charge in [-0.2, -0.15) is 5.10 Å². The normalized spacial score (nSPS) is 10.3. The molecule has 3 N–H and O–H groups in total. The molecule has 0 aliphatic heterocycles. The summed E-state index contributed by atoms with van der Waals surface area (Å²) in [6.07, 6.45) is 0. The summed E-state index contributed by atoms with van der Waals surface area (Å²) in [7, 11) is 0. The van der Waals surface area contributed by atoms with Crippen molar-refractivity contribution in [2.75, 3.05) is 18.9 Å². The van der Waals surface area contributed by atoms with E-state index in [4.69, 9.17) is 15.2 Å². The first-order valence-corrected chi connectivity index (χ1v) is 5.95. The molecule has 1 aromatic heterocycles. The quantitative estimate of drug-likeness (QED) is 0.851. The first-order valence-electron chi connectivity index (χ1n) is 5.95. The Kier molecular flexibility index (Phi) is 3.72. The summed E-state index contributed by atoms with van der Waals surface area (Å²) in [4.78, 5) is 0. The van der Waals surface area contributed by atoms with Crippen LogP contribution in [-0.2, 0) is 0 Å². The lowest BCUT2D eigenvalue weighted by Gasteiger charge is -2.11. The topological polar surface area (TPSA) is 73.2 Å². The highest BCUT2D eigenvalue weighted by Gasteiger charge is 2.10. The van der Waals surface area contributed by atoms with E-state index in [0.29, 0.717) is 19.0 Å². The Labute approximate surface area is 106 Å². The van der Waals surface area contributed by atoms with Gasteiger partial charge in [0.1, 0.15) is 17.3 Å². The molecule has 0 aliphatic carbocycles. The fraction of sp³-hybridized carbons (Fsp3) is 0.308. The van der Waals surface area contributed by atoms with Crippen LogP contribution in [0.1, 0.15) is 13.8 Å². The molecule has 1 aromatic carbocycles. The molecule has 18 heavy (non-hydrogen) atoms. The molecule has 5 heteroatoms. The van der Waals surface area contributed by atoms with Crippen molar-refractivity contribution >= 4 is 5.82 Å². The second kappa shape index (κ2) is 5.44.